The van der Waals surface area contributed by atoms with E-state index in [1.165, 1.54) is 37.9 Å². The van der Waals surface area contributed by atoms with Crippen molar-refractivity contribution < 1.29 is 14.6 Å². The SMILES string of the molecule is CCSC1C(C(=O)O)=C(C)C=C(N2CCOCC2)N1CCC1CCCCC1. The number of carbonyl (C=O) groups is 1. The summed E-state index contributed by atoms with van der Waals surface area (Å²) in [6, 6.07) is 0. The molecule has 0 aromatic heterocycles. The molecule has 27 heavy (non-hydrogen) atoms. The second-order valence-corrected chi connectivity index (χ2v) is 9.15. The highest BCUT2D eigenvalue weighted by molar-refractivity contribution is 8.00. The molecule has 0 bridgehead atoms. The summed E-state index contributed by atoms with van der Waals surface area (Å²) in [5.41, 5.74) is 1.45. The molecule has 5 nitrogen and oxygen atoms in total. The van der Waals surface area contributed by atoms with Crippen LogP contribution in [-0.2, 0) is 9.53 Å². The monoisotopic (exact) mass is 394 g/mol. The zero-order chi connectivity index (χ0) is 19.2. The molecule has 1 saturated heterocycles. The van der Waals surface area contributed by atoms with Gasteiger partial charge in [0.05, 0.1) is 18.8 Å². The average molecular weight is 395 g/mol. The third-order valence-electron chi connectivity index (χ3n) is 5.99. The fourth-order valence-corrected chi connectivity index (χ4v) is 5.69. The van der Waals surface area contributed by atoms with Crippen molar-refractivity contribution in [2.45, 2.75) is 57.7 Å². The summed E-state index contributed by atoms with van der Waals surface area (Å²) in [6.45, 7) is 8.25. The summed E-state index contributed by atoms with van der Waals surface area (Å²) in [4.78, 5) is 16.8. The van der Waals surface area contributed by atoms with E-state index in [9.17, 15) is 9.90 Å². The van der Waals surface area contributed by atoms with Gasteiger partial charge < -0.3 is 19.6 Å². The second-order valence-electron chi connectivity index (χ2n) is 7.80. The molecule has 3 aliphatic rings. The molecule has 0 amide bonds. The van der Waals surface area contributed by atoms with Crippen molar-refractivity contribution in [3.63, 3.8) is 0 Å². The Labute approximate surface area is 167 Å². The lowest BCUT2D eigenvalue weighted by Crippen LogP contribution is -2.48. The van der Waals surface area contributed by atoms with Gasteiger partial charge in [0.25, 0.3) is 0 Å². The maximum absolute atomic E-state index is 12.0. The number of aliphatic carboxylic acids is 1. The third kappa shape index (κ3) is 5.02. The van der Waals surface area contributed by atoms with Gasteiger partial charge in [-0.15, -0.1) is 11.8 Å². The summed E-state index contributed by atoms with van der Waals surface area (Å²) in [5.74, 6) is 2.11. The molecule has 6 heteroatoms. The summed E-state index contributed by atoms with van der Waals surface area (Å²) in [5, 5.41) is 9.78. The molecule has 2 aliphatic heterocycles. The molecule has 1 atom stereocenters. The summed E-state index contributed by atoms with van der Waals surface area (Å²) >= 11 is 1.74. The number of thioether (sulfide) groups is 1. The van der Waals surface area contributed by atoms with Crippen molar-refractivity contribution in [3.8, 4) is 0 Å². The molecule has 0 aromatic rings. The normalized spacial score (nSPS) is 25.0. The fourth-order valence-electron chi connectivity index (χ4n) is 4.53. The van der Waals surface area contributed by atoms with E-state index < -0.39 is 5.97 Å². The smallest absolute Gasteiger partial charge is 0.334 e. The summed E-state index contributed by atoms with van der Waals surface area (Å²) < 4.78 is 5.54. The van der Waals surface area contributed by atoms with Crippen LogP contribution in [-0.4, -0.2) is 64.9 Å². The van der Waals surface area contributed by atoms with Crippen LogP contribution in [0.4, 0.5) is 0 Å². The van der Waals surface area contributed by atoms with E-state index in [1.807, 2.05) is 6.92 Å². The highest BCUT2D eigenvalue weighted by Crippen LogP contribution is 2.36. The van der Waals surface area contributed by atoms with Gasteiger partial charge >= 0.3 is 5.97 Å². The summed E-state index contributed by atoms with van der Waals surface area (Å²) in [6.07, 6.45) is 10.00. The van der Waals surface area contributed by atoms with E-state index in [-0.39, 0.29) is 5.37 Å². The lowest BCUT2D eigenvalue weighted by Gasteiger charge is -2.45. The van der Waals surface area contributed by atoms with Crippen LogP contribution in [0.5, 0.6) is 0 Å². The van der Waals surface area contributed by atoms with Crippen molar-refractivity contribution in [2.24, 2.45) is 5.92 Å². The summed E-state index contributed by atoms with van der Waals surface area (Å²) in [7, 11) is 0. The van der Waals surface area contributed by atoms with Crippen LogP contribution < -0.4 is 0 Å². The molecule has 0 radical (unpaired) electrons. The predicted octanol–water partition coefficient (Wildman–Crippen LogP) is 3.93. The Morgan fingerprint density at radius 2 is 1.96 bits per heavy atom. The number of nitrogens with zero attached hydrogens (tertiary/aromatic N) is 2. The molecule has 2 heterocycles. The maximum atomic E-state index is 12.0. The maximum Gasteiger partial charge on any atom is 0.334 e. The van der Waals surface area contributed by atoms with Crippen LogP contribution >= 0.6 is 11.8 Å². The number of allylic oxidation sites excluding steroid dienone is 2. The number of hydrogen-bond acceptors (Lipinski definition) is 5. The third-order valence-corrected chi connectivity index (χ3v) is 7.13. The van der Waals surface area contributed by atoms with Gasteiger partial charge in [-0.3, -0.25) is 0 Å². The first-order valence-electron chi connectivity index (χ1n) is 10.5. The highest BCUT2D eigenvalue weighted by Gasteiger charge is 2.35. The molecule has 3 rings (SSSR count). The number of carboxylic acids is 1. The molecule has 0 aromatic carbocycles. The Morgan fingerprint density at radius 3 is 2.59 bits per heavy atom. The van der Waals surface area contributed by atoms with E-state index in [0.717, 1.165) is 56.5 Å². The van der Waals surface area contributed by atoms with Crippen molar-refractivity contribution in [2.75, 3.05) is 38.6 Å². The van der Waals surface area contributed by atoms with Gasteiger partial charge in [-0.05, 0) is 36.7 Å². The predicted molar refractivity (Wildman–Crippen MR) is 111 cm³/mol. The van der Waals surface area contributed by atoms with Crippen LogP contribution in [0.2, 0.25) is 0 Å². The first-order chi connectivity index (χ1) is 13.1. The lowest BCUT2D eigenvalue weighted by atomic mass is 9.87. The molecule has 1 unspecified atom stereocenters. The highest BCUT2D eigenvalue weighted by atomic mass is 32.2. The first-order valence-corrected chi connectivity index (χ1v) is 11.5. The van der Waals surface area contributed by atoms with E-state index >= 15 is 0 Å². The molecular formula is C21H34N2O3S. The molecule has 0 spiro atoms. The lowest BCUT2D eigenvalue weighted by molar-refractivity contribution is -0.133. The van der Waals surface area contributed by atoms with E-state index in [4.69, 9.17) is 4.74 Å². The standard InChI is InChI=1S/C21H34N2O3S/c1-3-27-20-19(21(24)25)16(2)15-18(22-11-13-26-14-12-22)23(20)10-9-17-7-5-4-6-8-17/h15,17,20H,3-14H2,1-2H3,(H,24,25). The Morgan fingerprint density at radius 1 is 1.26 bits per heavy atom. The molecule has 152 valence electrons. The van der Waals surface area contributed by atoms with Crippen molar-refractivity contribution >= 4 is 17.7 Å². The topological polar surface area (TPSA) is 53.0 Å². The largest absolute Gasteiger partial charge is 0.478 e. The van der Waals surface area contributed by atoms with Gasteiger partial charge in [-0.1, -0.05) is 39.0 Å². The second kappa shape index (κ2) is 9.87. The van der Waals surface area contributed by atoms with Gasteiger partial charge in [-0.25, -0.2) is 4.79 Å². The van der Waals surface area contributed by atoms with Crippen LogP contribution in [0.15, 0.2) is 23.0 Å². The zero-order valence-electron chi connectivity index (χ0n) is 16.8. The minimum Gasteiger partial charge on any atom is -0.478 e. The number of ether oxygens (including phenoxy) is 1. The van der Waals surface area contributed by atoms with E-state index in [2.05, 4.69) is 22.8 Å². The Balaban J connectivity index is 1.84. The number of rotatable bonds is 7. The number of carboxylic acid groups (broad SMARTS) is 1. The van der Waals surface area contributed by atoms with E-state index in [0.29, 0.717) is 5.57 Å². The van der Waals surface area contributed by atoms with Gasteiger partial charge in [0.2, 0.25) is 0 Å². The quantitative estimate of drug-likeness (QED) is 0.706. The van der Waals surface area contributed by atoms with Gasteiger partial charge in [-0.2, -0.15) is 0 Å². The van der Waals surface area contributed by atoms with Gasteiger partial charge in [0.1, 0.15) is 11.2 Å². The van der Waals surface area contributed by atoms with Crippen LogP contribution in [0, 0.1) is 5.92 Å². The van der Waals surface area contributed by atoms with Gasteiger partial charge in [0, 0.05) is 19.6 Å². The zero-order valence-corrected chi connectivity index (χ0v) is 17.6. The fraction of sp³-hybridized carbons (Fsp3) is 0.762. The number of hydrogen-bond donors (Lipinski definition) is 1. The van der Waals surface area contributed by atoms with Crippen molar-refractivity contribution in [1.29, 1.82) is 0 Å². The molecule has 1 aliphatic carbocycles. The van der Waals surface area contributed by atoms with Crippen LogP contribution in [0.25, 0.3) is 0 Å². The molecule has 1 N–H and O–H groups in total. The first kappa shape index (κ1) is 20.6. The van der Waals surface area contributed by atoms with Gasteiger partial charge in [0.15, 0.2) is 0 Å². The Hall–Kier alpha value is -1.14. The number of morpholine rings is 1. The van der Waals surface area contributed by atoms with Crippen molar-refractivity contribution in [1.82, 2.24) is 9.80 Å². The molecule has 2 fully saturated rings. The van der Waals surface area contributed by atoms with E-state index in [1.54, 1.807) is 11.8 Å². The minimum absolute atomic E-state index is 0.0982. The molecular weight excluding hydrogens is 360 g/mol. The Bertz CT molecular complexity index is 578. The molecule has 1 saturated carbocycles. The Kier molecular flexibility index (Phi) is 7.53. The van der Waals surface area contributed by atoms with Crippen LogP contribution in [0.3, 0.4) is 0 Å². The van der Waals surface area contributed by atoms with Crippen molar-refractivity contribution in [3.05, 3.63) is 23.0 Å². The van der Waals surface area contributed by atoms with Crippen LogP contribution in [0.1, 0.15) is 52.4 Å². The average Bonchev–Trinajstić information content (AvgIpc) is 2.68. The minimum atomic E-state index is -0.779.